The minimum Gasteiger partial charge on any atom is -0.368 e. The third kappa shape index (κ3) is 3.99. The molecule has 1 N–H and O–H groups in total. The average molecular weight is 311 g/mol. The number of hydrogen-bond donors (Lipinski definition) is 1. The summed E-state index contributed by atoms with van der Waals surface area (Å²) < 4.78 is 0. The van der Waals surface area contributed by atoms with Gasteiger partial charge in [0.15, 0.2) is 0 Å². The maximum absolute atomic E-state index is 4.82. The number of anilines is 2. The number of likely N-dealkylation sites (N-methyl/N-ethyl adjacent to an activating group) is 1. The van der Waals surface area contributed by atoms with Crippen LogP contribution in [0.3, 0.4) is 0 Å². The Kier molecular flexibility index (Phi) is 4.76. The highest BCUT2D eigenvalue weighted by Crippen LogP contribution is 2.23. The Morgan fingerprint density at radius 1 is 1.00 bits per heavy atom. The van der Waals surface area contributed by atoms with Crippen LogP contribution in [-0.4, -0.2) is 54.1 Å². The van der Waals surface area contributed by atoms with Crippen LogP contribution in [0.15, 0.2) is 36.4 Å². The first-order valence-electron chi connectivity index (χ1n) is 8.26. The zero-order valence-corrected chi connectivity index (χ0v) is 14.2. The second-order valence-corrected chi connectivity index (χ2v) is 6.39. The van der Waals surface area contributed by atoms with Crippen molar-refractivity contribution in [2.75, 3.05) is 43.4 Å². The molecule has 0 radical (unpaired) electrons. The van der Waals surface area contributed by atoms with E-state index >= 15 is 0 Å². The highest BCUT2D eigenvalue weighted by molar-refractivity contribution is 5.64. The normalized spacial score (nSPS) is 15.9. The number of nitrogens with zero attached hydrogens (tertiary/aromatic N) is 4. The average Bonchev–Trinajstić information content (AvgIpc) is 2.55. The standard InChI is InChI=1S/C18H25N5/c1-14(2)19-17-13-16(15-7-5-4-6-8-15)20-18(21-17)23-11-9-22(3)10-12-23/h4-8,13-14H,9-12H2,1-3H3,(H,19,20,21). The van der Waals surface area contributed by atoms with Crippen LogP contribution in [0.4, 0.5) is 11.8 Å². The van der Waals surface area contributed by atoms with E-state index in [2.05, 4.69) is 48.1 Å². The van der Waals surface area contributed by atoms with Crippen LogP contribution in [0.5, 0.6) is 0 Å². The fourth-order valence-corrected chi connectivity index (χ4v) is 2.71. The predicted molar refractivity (Wildman–Crippen MR) is 95.9 cm³/mol. The lowest BCUT2D eigenvalue weighted by molar-refractivity contribution is 0.311. The van der Waals surface area contributed by atoms with Crippen molar-refractivity contribution in [2.24, 2.45) is 0 Å². The Labute approximate surface area is 138 Å². The fraction of sp³-hybridized carbons (Fsp3) is 0.444. The second kappa shape index (κ2) is 6.96. The predicted octanol–water partition coefficient (Wildman–Crippen LogP) is 2.72. The maximum Gasteiger partial charge on any atom is 0.227 e. The molecule has 5 heteroatoms. The maximum atomic E-state index is 4.82. The molecule has 1 fully saturated rings. The van der Waals surface area contributed by atoms with Crippen molar-refractivity contribution in [1.29, 1.82) is 0 Å². The number of rotatable bonds is 4. The highest BCUT2D eigenvalue weighted by Gasteiger charge is 2.18. The van der Waals surface area contributed by atoms with E-state index in [0.29, 0.717) is 6.04 Å². The summed E-state index contributed by atoms with van der Waals surface area (Å²) in [5, 5.41) is 3.41. The molecule has 2 heterocycles. The van der Waals surface area contributed by atoms with Crippen molar-refractivity contribution in [1.82, 2.24) is 14.9 Å². The van der Waals surface area contributed by atoms with E-state index < -0.39 is 0 Å². The highest BCUT2D eigenvalue weighted by atomic mass is 15.3. The Morgan fingerprint density at radius 3 is 2.35 bits per heavy atom. The van der Waals surface area contributed by atoms with E-state index in [1.807, 2.05) is 24.3 Å². The quantitative estimate of drug-likeness (QED) is 0.940. The number of nitrogens with one attached hydrogen (secondary N) is 1. The lowest BCUT2D eigenvalue weighted by atomic mass is 10.1. The summed E-state index contributed by atoms with van der Waals surface area (Å²) in [4.78, 5) is 14.2. The Morgan fingerprint density at radius 2 is 1.70 bits per heavy atom. The second-order valence-electron chi connectivity index (χ2n) is 6.39. The van der Waals surface area contributed by atoms with Crippen LogP contribution in [0.2, 0.25) is 0 Å². The summed E-state index contributed by atoms with van der Waals surface area (Å²) in [6, 6.07) is 12.7. The first kappa shape index (κ1) is 15.7. The smallest absolute Gasteiger partial charge is 0.227 e. The van der Waals surface area contributed by atoms with Crippen molar-refractivity contribution in [3.63, 3.8) is 0 Å². The van der Waals surface area contributed by atoms with Crippen LogP contribution in [0.1, 0.15) is 13.8 Å². The van der Waals surface area contributed by atoms with Crippen molar-refractivity contribution in [3.8, 4) is 11.3 Å². The Bertz CT molecular complexity index is 633. The number of aromatic nitrogens is 2. The molecule has 0 spiro atoms. The zero-order chi connectivity index (χ0) is 16.2. The molecule has 2 aromatic rings. The molecule has 0 saturated carbocycles. The first-order valence-corrected chi connectivity index (χ1v) is 8.26. The van der Waals surface area contributed by atoms with Gasteiger partial charge in [0.25, 0.3) is 0 Å². The fourth-order valence-electron chi connectivity index (χ4n) is 2.71. The molecule has 0 amide bonds. The largest absolute Gasteiger partial charge is 0.368 e. The minimum absolute atomic E-state index is 0.342. The Balaban J connectivity index is 1.94. The van der Waals surface area contributed by atoms with Crippen molar-refractivity contribution in [3.05, 3.63) is 36.4 Å². The van der Waals surface area contributed by atoms with Gasteiger partial charge in [0.1, 0.15) is 5.82 Å². The van der Waals surface area contributed by atoms with Gasteiger partial charge < -0.3 is 15.1 Å². The molecule has 0 unspecified atom stereocenters. The van der Waals surface area contributed by atoms with Crippen LogP contribution >= 0.6 is 0 Å². The molecule has 1 saturated heterocycles. The molecule has 3 rings (SSSR count). The number of hydrogen-bond acceptors (Lipinski definition) is 5. The molecule has 1 aromatic carbocycles. The van der Waals surface area contributed by atoms with Gasteiger partial charge in [-0.2, -0.15) is 4.98 Å². The summed E-state index contributed by atoms with van der Waals surface area (Å²) >= 11 is 0. The van der Waals surface area contributed by atoms with Gasteiger partial charge >= 0.3 is 0 Å². The molecular formula is C18H25N5. The van der Waals surface area contributed by atoms with Gasteiger partial charge in [-0.1, -0.05) is 30.3 Å². The van der Waals surface area contributed by atoms with Gasteiger partial charge in [-0.05, 0) is 20.9 Å². The summed E-state index contributed by atoms with van der Waals surface area (Å²) in [5.41, 5.74) is 2.09. The molecular weight excluding hydrogens is 286 g/mol. The minimum atomic E-state index is 0.342. The molecule has 1 aliphatic rings. The molecule has 122 valence electrons. The number of piperazine rings is 1. The van der Waals surface area contributed by atoms with Gasteiger partial charge in [0.2, 0.25) is 5.95 Å². The monoisotopic (exact) mass is 311 g/mol. The van der Waals surface area contributed by atoms with Crippen LogP contribution in [-0.2, 0) is 0 Å². The van der Waals surface area contributed by atoms with E-state index in [0.717, 1.165) is 49.2 Å². The van der Waals surface area contributed by atoms with Gasteiger partial charge in [-0.15, -0.1) is 0 Å². The third-order valence-electron chi connectivity index (χ3n) is 4.01. The first-order chi connectivity index (χ1) is 11.1. The van der Waals surface area contributed by atoms with Gasteiger partial charge in [-0.25, -0.2) is 4.98 Å². The van der Waals surface area contributed by atoms with Crippen LogP contribution in [0, 0.1) is 0 Å². The van der Waals surface area contributed by atoms with E-state index in [9.17, 15) is 0 Å². The summed E-state index contributed by atoms with van der Waals surface area (Å²) in [6.45, 7) is 8.28. The summed E-state index contributed by atoms with van der Waals surface area (Å²) in [6.07, 6.45) is 0. The SMILES string of the molecule is CC(C)Nc1cc(-c2ccccc2)nc(N2CCN(C)CC2)n1. The molecule has 0 aliphatic carbocycles. The van der Waals surface area contributed by atoms with E-state index in [4.69, 9.17) is 9.97 Å². The van der Waals surface area contributed by atoms with E-state index in [1.165, 1.54) is 0 Å². The summed E-state index contributed by atoms with van der Waals surface area (Å²) in [7, 11) is 2.16. The number of benzene rings is 1. The van der Waals surface area contributed by atoms with Gasteiger partial charge in [-0.3, -0.25) is 0 Å². The molecule has 1 aromatic heterocycles. The molecule has 0 bridgehead atoms. The van der Waals surface area contributed by atoms with Crippen LogP contribution in [0.25, 0.3) is 11.3 Å². The molecule has 5 nitrogen and oxygen atoms in total. The molecule has 23 heavy (non-hydrogen) atoms. The van der Waals surface area contributed by atoms with Crippen molar-refractivity contribution >= 4 is 11.8 Å². The van der Waals surface area contributed by atoms with Crippen molar-refractivity contribution in [2.45, 2.75) is 19.9 Å². The Hall–Kier alpha value is -2.14. The van der Waals surface area contributed by atoms with E-state index in [1.54, 1.807) is 0 Å². The van der Waals surface area contributed by atoms with E-state index in [-0.39, 0.29) is 0 Å². The van der Waals surface area contributed by atoms with Crippen LogP contribution < -0.4 is 10.2 Å². The van der Waals surface area contributed by atoms with Crippen molar-refractivity contribution < 1.29 is 0 Å². The van der Waals surface area contributed by atoms with Gasteiger partial charge in [0.05, 0.1) is 5.69 Å². The molecule has 0 atom stereocenters. The summed E-state index contributed by atoms with van der Waals surface area (Å²) in [5.74, 6) is 1.71. The topological polar surface area (TPSA) is 44.3 Å². The third-order valence-corrected chi connectivity index (χ3v) is 4.01. The lowest BCUT2D eigenvalue weighted by Crippen LogP contribution is -2.45. The lowest BCUT2D eigenvalue weighted by Gasteiger charge is -2.32. The molecule has 1 aliphatic heterocycles. The van der Waals surface area contributed by atoms with Gasteiger partial charge in [0, 0.05) is 43.9 Å². The zero-order valence-electron chi connectivity index (χ0n) is 14.2.